The first-order chi connectivity index (χ1) is 14.0. The van der Waals surface area contributed by atoms with Crippen molar-refractivity contribution >= 4 is 17.5 Å². The van der Waals surface area contributed by atoms with Crippen LogP contribution in [0.25, 0.3) is 11.3 Å². The zero-order valence-corrected chi connectivity index (χ0v) is 16.3. The third-order valence-corrected chi connectivity index (χ3v) is 5.01. The zero-order chi connectivity index (χ0) is 20.5. The third-order valence-electron chi connectivity index (χ3n) is 5.01. The second-order valence-corrected chi connectivity index (χ2v) is 6.69. The van der Waals surface area contributed by atoms with Gasteiger partial charge in [-0.25, -0.2) is 9.66 Å². The Morgan fingerprint density at radius 2 is 1.97 bits per heavy atom. The van der Waals surface area contributed by atoms with E-state index >= 15 is 0 Å². The van der Waals surface area contributed by atoms with Crippen molar-refractivity contribution in [3.63, 3.8) is 0 Å². The van der Waals surface area contributed by atoms with Crippen LogP contribution in [0, 0.1) is 5.41 Å². The fourth-order valence-electron chi connectivity index (χ4n) is 3.60. The number of methoxy groups -OCH3 is 2. The Kier molecular flexibility index (Phi) is 4.67. The van der Waals surface area contributed by atoms with Crippen LogP contribution >= 0.6 is 0 Å². The third kappa shape index (κ3) is 3.29. The molecule has 0 amide bonds. The van der Waals surface area contributed by atoms with Gasteiger partial charge in [-0.2, -0.15) is 5.10 Å². The Morgan fingerprint density at radius 1 is 1.14 bits per heavy atom. The lowest BCUT2D eigenvalue weighted by Gasteiger charge is -2.08. The van der Waals surface area contributed by atoms with E-state index in [0.29, 0.717) is 17.2 Å². The molecule has 0 spiro atoms. The van der Waals surface area contributed by atoms with E-state index in [0.717, 1.165) is 40.8 Å². The van der Waals surface area contributed by atoms with Crippen LogP contribution in [0.2, 0.25) is 0 Å². The lowest BCUT2D eigenvalue weighted by Crippen LogP contribution is -2.13. The summed E-state index contributed by atoms with van der Waals surface area (Å²) in [6, 6.07) is 11.2. The van der Waals surface area contributed by atoms with Gasteiger partial charge in [0.1, 0.15) is 17.3 Å². The molecule has 0 aliphatic heterocycles. The normalized spacial score (nSPS) is 14.1. The van der Waals surface area contributed by atoms with Crippen molar-refractivity contribution in [1.82, 2.24) is 9.66 Å². The van der Waals surface area contributed by atoms with Crippen LogP contribution in [0.3, 0.4) is 0 Å². The first kappa shape index (κ1) is 18.5. The van der Waals surface area contributed by atoms with Crippen LogP contribution in [0.4, 0.5) is 5.95 Å². The molecule has 2 aromatic carbocycles. The molecule has 3 aromatic rings. The fourth-order valence-corrected chi connectivity index (χ4v) is 3.60. The number of fused-ring (bicyclic) bond motifs is 1. The number of ether oxygens (including phenoxy) is 2. The number of nitrogens with zero attached hydrogens (tertiary/aromatic N) is 3. The molecule has 0 radical (unpaired) electrons. The Balaban J connectivity index is 1.75. The van der Waals surface area contributed by atoms with Crippen LogP contribution in [0.5, 0.6) is 11.5 Å². The van der Waals surface area contributed by atoms with Crippen LogP contribution in [-0.4, -0.2) is 35.4 Å². The summed E-state index contributed by atoms with van der Waals surface area (Å²) in [7, 11) is 3.21. The first-order valence-corrected chi connectivity index (χ1v) is 9.13. The highest BCUT2D eigenvalue weighted by Gasteiger charge is 2.22. The molecule has 0 saturated carbocycles. The largest absolute Gasteiger partial charge is 0.497 e. The SMILES string of the molecule is COc1ccc(OC)c(-c2cn(N=C3CCc4c(C(=N)N)cccc43)c(N)n2)c1. The molecule has 148 valence electrons. The molecule has 1 heterocycles. The summed E-state index contributed by atoms with van der Waals surface area (Å²) in [6.45, 7) is 0. The molecule has 0 atom stereocenters. The van der Waals surface area contributed by atoms with Gasteiger partial charge in [-0.15, -0.1) is 0 Å². The summed E-state index contributed by atoms with van der Waals surface area (Å²) in [4.78, 5) is 4.45. The summed E-state index contributed by atoms with van der Waals surface area (Å²) < 4.78 is 12.3. The number of hydrogen-bond acceptors (Lipinski definition) is 6. The number of nitrogens with two attached hydrogens (primary N) is 2. The van der Waals surface area contributed by atoms with Gasteiger partial charge in [0.2, 0.25) is 5.95 Å². The van der Waals surface area contributed by atoms with Crippen molar-refractivity contribution in [2.24, 2.45) is 10.8 Å². The number of aromatic nitrogens is 2. The summed E-state index contributed by atoms with van der Waals surface area (Å²) in [5, 5.41) is 12.5. The molecule has 1 aliphatic carbocycles. The standard InChI is InChI=1S/C21H22N6O2/c1-28-12-6-9-19(29-2)16(10-12)18-11-27(21(24)25-18)26-17-8-7-13-14(17)4-3-5-15(13)20(22)23/h3-6,9-11H,7-8H2,1-2H3,(H3,22,23)(H2,24,25). The molecular formula is C21H22N6O2. The Labute approximate surface area is 168 Å². The predicted molar refractivity (Wildman–Crippen MR) is 113 cm³/mol. The average Bonchev–Trinajstić information content (AvgIpc) is 3.31. The van der Waals surface area contributed by atoms with Gasteiger partial charge in [-0.05, 0) is 36.6 Å². The summed E-state index contributed by atoms with van der Waals surface area (Å²) in [5.41, 5.74) is 16.9. The van der Waals surface area contributed by atoms with Crippen molar-refractivity contribution in [2.75, 3.05) is 20.0 Å². The number of rotatable bonds is 5. The van der Waals surface area contributed by atoms with Crippen molar-refractivity contribution in [2.45, 2.75) is 12.8 Å². The highest BCUT2D eigenvalue weighted by atomic mass is 16.5. The van der Waals surface area contributed by atoms with E-state index in [4.69, 9.17) is 31.5 Å². The summed E-state index contributed by atoms with van der Waals surface area (Å²) >= 11 is 0. The van der Waals surface area contributed by atoms with Gasteiger partial charge in [0.05, 0.1) is 31.8 Å². The molecule has 8 heteroatoms. The second kappa shape index (κ2) is 7.31. The van der Waals surface area contributed by atoms with Gasteiger partial charge in [0, 0.05) is 16.7 Å². The van der Waals surface area contributed by atoms with E-state index in [-0.39, 0.29) is 11.8 Å². The van der Waals surface area contributed by atoms with Crippen molar-refractivity contribution in [1.29, 1.82) is 5.41 Å². The van der Waals surface area contributed by atoms with Crippen LogP contribution in [0.15, 0.2) is 47.7 Å². The number of imidazole rings is 1. The van der Waals surface area contributed by atoms with E-state index in [1.54, 1.807) is 25.1 Å². The number of nitrogens with one attached hydrogen (secondary N) is 1. The van der Waals surface area contributed by atoms with Crippen LogP contribution in [-0.2, 0) is 6.42 Å². The number of nitrogen functional groups attached to an aromatic ring is 2. The van der Waals surface area contributed by atoms with E-state index in [1.807, 2.05) is 36.4 Å². The molecule has 0 saturated heterocycles. The minimum Gasteiger partial charge on any atom is -0.497 e. The highest BCUT2D eigenvalue weighted by molar-refractivity contribution is 6.08. The highest BCUT2D eigenvalue weighted by Crippen LogP contribution is 2.33. The zero-order valence-electron chi connectivity index (χ0n) is 16.3. The molecule has 0 fully saturated rings. The topological polar surface area (TPSA) is 125 Å². The molecule has 4 rings (SSSR count). The van der Waals surface area contributed by atoms with Crippen molar-refractivity contribution < 1.29 is 9.47 Å². The smallest absolute Gasteiger partial charge is 0.221 e. The van der Waals surface area contributed by atoms with Gasteiger partial charge in [-0.1, -0.05) is 18.2 Å². The molecule has 1 aromatic heterocycles. The van der Waals surface area contributed by atoms with Gasteiger partial charge < -0.3 is 20.9 Å². The van der Waals surface area contributed by atoms with E-state index in [9.17, 15) is 0 Å². The minimum absolute atomic E-state index is 0.0673. The monoisotopic (exact) mass is 390 g/mol. The van der Waals surface area contributed by atoms with Crippen molar-refractivity contribution in [3.8, 4) is 22.8 Å². The number of hydrogen-bond donors (Lipinski definition) is 3. The number of anilines is 1. The van der Waals surface area contributed by atoms with Gasteiger partial charge in [0.15, 0.2) is 0 Å². The summed E-state index contributed by atoms with van der Waals surface area (Å²) in [5.74, 6) is 1.70. The van der Waals surface area contributed by atoms with Gasteiger partial charge in [-0.3, -0.25) is 5.41 Å². The first-order valence-electron chi connectivity index (χ1n) is 9.13. The van der Waals surface area contributed by atoms with Gasteiger partial charge >= 0.3 is 0 Å². The molecule has 0 bridgehead atoms. The van der Waals surface area contributed by atoms with Crippen LogP contribution in [0.1, 0.15) is 23.1 Å². The molecule has 1 aliphatic rings. The van der Waals surface area contributed by atoms with E-state index < -0.39 is 0 Å². The predicted octanol–water partition coefficient (Wildman–Crippen LogP) is 2.63. The minimum atomic E-state index is 0.0673. The van der Waals surface area contributed by atoms with E-state index in [2.05, 4.69) is 4.98 Å². The summed E-state index contributed by atoms with van der Waals surface area (Å²) in [6.07, 6.45) is 3.30. The Hall–Kier alpha value is -3.81. The number of benzene rings is 2. The van der Waals surface area contributed by atoms with Gasteiger partial charge in [0.25, 0.3) is 0 Å². The Bertz CT molecular complexity index is 1130. The maximum Gasteiger partial charge on any atom is 0.221 e. The van der Waals surface area contributed by atoms with Crippen LogP contribution < -0.4 is 20.9 Å². The van der Waals surface area contributed by atoms with E-state index in [1.165, 1.54) is 0 Å². The molecule has 0 unspecified atom stereocenters. The maximum absolute atomic E-state index is 7.78. The lowest BCUT2D eigenvalue weighted by atomic mass is 10.0. The molecule has 8 nitrogen and oxygen atoms in total. The average molecular weight is 390 g/mol. The molecule has 5 N–H and O–H groups in total. The Morgan fingerprint density at radius 3 is 2.69 bits per heavy atom. The quantitative estimate of drug-likeness (QED) is 0.456. The number of amidine groups is 1. The van der Waals surface area contributed by atoms with Crippen molar-refractivity contribution in [3.05, 3.63) is 59.3 Å². The molecular weight excluding hydrogens is 368 g/mol. The lowest BCUT2D eigenvalue weighted by molar-refractivity contribution is 0.404. The maximum atomic E-state index is 7.78. The second-order valence-electron chi connectivity index (χ2n) is 6.69. The fraction of sp³-hybridized carbons (Fsp3) is 0.190. The molecule has 29 heavy (non-hydrogen) atoms.